The highest BCUT2D eigenvalue weighted by atomic mass is 35.5. The Labute approximate surface area is 146 Å². The summed E-state index contributed by atoms with van der Waals surface area (Å²) in [6.07, 6.45) is 8.25. The lowest BCUT2D eigenvalue weighted by Crippen LogP contribution is -2.46. The molecule has 0 aliphatic carbocycles. The van der Waals surface area contributed by atoms with Crippen LogP contribution in [0, 0.1) is 0 Å². The number of thioether (sulfide) groups is 1. The third-order valence-electron chi connectivity index (χ3n) is 4.51. The number of amides is 1. The van der Waals surface area contributed by atoms with Crippen molar-refractivity contribution in [1.82, 2.24) is 9.80 Å². The molecule has 1 unspecified atom stereocenters. The molecule has 2 aliphatic rings. The van der Waals surface area contributed by atoms with Crippen molar-refractivity contribution in [3.05, 3.63) is 10.6 Å². The number of hydrogen-bond acceptors (Lipinski definition) is 3. The number of likely N-dealkylation sites (tertiary alicyclic amines) is 1. The zero-order chi connectivity index (χ0) is 15.2. The molecule has 0 aromatic rings. The Balaban J connectivity index is 0.00000242. The second-order valence-corrected chi connectivity index (χ2v) is 7.31. The predicted octanol–water partition coefficient (Wildman–Crippen LogP) is 4.63. The quantitative estimate of drug-likeness (QED) is 0.700. The lowest BCUT2D eigenvalue weighted by Gasteiger charge is -2.35. The van der Waals surface area contributed by atoms with Crippen molar-refractivity contribution in [3.8, 4) is 0 Å². The maximum atomic E-state index is 12.6. The van der Waals surface area contributed by atoms with E-state index in [1.54, 1.807) is 0 Å². The number of hydrogen-bond donors (Lipinski definition) is 0. The fourth-order valence-electron chi connectivity index (χ4n) is 3.34. The first-order chi connectivity index (χ1) is 10.2. The van der Waals surface area contributed by atoms with Crippen LogP contribution in [-0.2, 0) is 4.79 Å². The standard InChI is InChI=1S/C17H30N2OS.ClH/c1-4-8-15-16(9-5-2)21-13-18(15)12-17(20)19-11-7-6-10-14(19)3;/h14H,4-13H2,1-3H3;1H. The van der Waals surface area contributed by atoms with E-state index >= 15 is 0 Å². The van der Waals surface area contributed by atoms with Gasteiger partial charge in [-0.3, -0.25) is 4.79 Å². The van der Waals surface area contributed by atoms with Gasteiger partial charge in [-0.1, -0.05) is 26.7 Å². The van der Waals surface area contributed by atoms with E-state index in [1.165, 1.54) is 42.7 Å². The summed E-state index contributed by atoms with van der Waals surface area (Å²) >= 11 is 1.95. The first-order valence-electron chi connectivity index (χ1n) is 8.56. The van der Waals surface area contributed by atoms with Gasteiger partial charge in [0.1, 0.15) is 0 Å². The fourth-order valence-corrected chi connectivity index (χ4v) is 4.64. The molecule has 0 radical (unpaired) electrons. The molecule has 0 aromatic carbocycles. The van der Waals surface area contributed by atoms with Gasteiger partial charge < -0.3 is 9.80 Å². The van der Waals surface area contributed by atoms with Crippen molar-refractivity contribution in [2.24, 2.45) is 0 Å². The zero-order valence-corrected chi connectivity index (χ0v) is 15.9. The smallest absolute Gasteiger partial charge is 0.242 e. The summed E-state index contributed by atoms with van der Waals surface area (Å²) in [5.41, 5.74) is 1.45. The highest BCUT2D eigenvalue weighted by molar-refractivity contribution is 8.03. The molecular formula is C17H31ClN2OS. The first-order valence-corrected chi connectivity index (χ1v) is 9.55. The second kappa shape index (κ2) is 9.71. The molecule has 5 heteroatoms. The molecule has 1 fully saturated rings. The minimum atomic E-state index is 0. The van der Waals surface area contributed by atoms with Crippen LogP contribution in [0.15, 0.2) is 10.6 Å². The molecule has 1 atom stereocenters. The van der Waals surface area contributed by atoms with Crippen LogP contribution < -0.4 is 0 Å². The van der Waals surface area contributed by atoms with E-state index in [1.807, 2.05) is 11.8 Å². The minimum absolute atomic E-state index is 0. The molecule has 128 valence electrons. The average Bonchev–Trinajstić information content (AvgIpc) is 2.83. The molecule has 2 heterocycles. The maximum absolute atomic E-state index is 12.6. The van der Waals surface area contributed by atoms with Crippen LogP contribution in [0.4, 0.5) is 0 Å². The minimum Gasteiger partial charge on any atom is -0.355 e. The van der Waals surface area contributed by atoms with Gasteiger partial charge in [0.2, 0.25) is 5.91 Å². The topological polar surface area (TPSA) is 23.6 Å². The number of rotatable bonds is 6. The molecular weight excluding hydrogens is 316 g/mol. The Morgan fingerprint density at radius 1 is 1.23 bits per heavy atom. The van der Waals surface area contributed by atoms with Gasteiger partial charge in [-0.05, 0) is 39.0 Å². The van der Waals surface area contributed by atoms with Crippen molar-refractivity contribution in [3.63, 3.8) is 0 Å². The number of carbonyl (C=O) groups excluding carboxylic acids is 1. The molecule has 3 nitrogen and oxygen atoms in total. The second-order valence-electron chi connectivity index (χ2n) is 6.27. The van der Waals surface area contributed by atoms with Crippen LogP contribution in [0.1, 0.15) is 65.7 Å². The Bertz CT molecular complexity index is 400. The van der Waals surface area contributed by atoms with Crippen LogP contribution >= 0.6 is 24.2 Å². The van der Waals surface area contributed by atoms with Gasteiger partial charge in [0.05, 0.1) is 12.4 Å². The average molecular weight is 347 g/mol. The molecule has 0 saturated carbocycles. The van der Waals surface area contributed by atoms with E-state index in [0.717, 1.165) is 25.3 Å². The van der Waals surface area contributed by atoms with Gasteiger partial charge in [0.15, 0.2) is 0 Å². The van der Waals surface area contributed by atoms with E-state index in [9.17, 15) is 4.79 Å². The summed E-state index contributed by atoms with van der Waals surface area (Å²) in [6.45, 7) is 8.20. The van der Waals surface area contributed by atoms with Crippen molar-refractivity contribution in [2.45, 2.75) is 71.8 Å². The summed E-state index contributed by atoms with van der Waals surface area (Å²) < 4.78 is 0. The SMILES string of the molecule is CCCC1=C(CCC)N(CC(=O)N2CCCCC2C)CS1.Cl. The van der Waals surface area contributed by atoms with Gasteiger partial charge in [-0.15, -0.1) is 24.2 Å². The highest BCUT2D eigenvalue weighted by Crippen LogP contribution is 2.37. The van der Waals surface area contributed by atoms with Gasteiger partial charge in [0, 0.05) is 23.2 Å². The van der Waals surface area contributed by atoms with E-state index < -0.39 is 0 Å². The Kier molecular flexibility index (Phi) is 8.70. The van der Waals surface area contributed by atoms with Crippen LogP contribution in [0.2, 0.25) is 0 Å². The Morgan fingerprint density at radius 3 is 2.59 bits per heavy atom. The molecule has 1 saturated heterocycles. The lowest BCUT2D eigenvalue weighted by molar-refractivity contribution is -0.135. The molecule has 0 aromatic heterocycles. The van der Waals surface area contributed by atoms with E-state index in [-0.39, 0.29) is 12.4 Å². The van der Waals surface area contributed by atoms with Crippen molar-refractivity contribution in [1.29, 1.82) is 0 Å². The van der Waals surface area contributed by atoms with Gasteiger partial charge in [-0.2, -0.15) is 0 Å². The number of nitrogens with zero attached hydrogens (tertiary/aromatic N) is 2. The van der Waals surface area contributed by atoms with E-state index in [0.29, 0.717) is 18.5 Å². The predicted molar refractivity (Wildman–Crippen MR) is 98.3 cm³/mol. The van der Waals surface area contributed by atoms with Crippen LogP contribution in [0.25, 0.3) is 0 Å². The maximum Gasteiger partial charge on any atom is 0.242 e. The number of allylic oxidation sites excluding steroid dienone is 2. The highest BCUT2D eigenvalue weighted by Gasteiger charge is 2.28. The fraction of sp³-hybridized carbons (Fsp3) is 0.824. The number of piperidine rings is 1. The summed E-state index contributed by atoms with van der Waals surface area (Å²) in [6, 6.07) is 0.426. The normalized spacial score (nSPS) is 22.0. The summed E-state index contributed by atoms with van der Waals surface area (Å²) in [5, 5.41) is 0. The van der Waals surface area contributed by atoms with E-state index in [4.69, 9.17) is 0 Å². The third kappa shape index (κ3) is 4.82. The largest absolute Gasteiger partial charge is 0.355 e. The third-order valence-corrected chi connectivity index (χ3v) is 5.74. The van der Waals surface area contributed by atoms with Crippen molar-refractivity contribution >= 4 is 30.1 Å². The summed E-state index contributed by atoms with van der Waals surface area (Å²) in [4.78, 5) is 18.6. The first kappa shape index (κ1) is 19.7. The zero-order valence-electron chi connectivity index (χ0n) is 14.3. The Morgan fingerprint density at radius 2 is 1.95 bits per heavy atom. The van der Waals surface area contributed by atoms with Crippen LogP contribution in [0.5, 0.6) is 0 Å². The molecule has 1 amide bonds. The Hall–Kier alpha value is -0.350. The van der Waals surface area contributed by atoms with Gasteiger partial charge in [0.25, 0.3) is 0 Å². The summed E-state index contributed by atoms with van der Waals surface area (Å²) in [7, 11) is 0. The van der Waals surface area contributed by atoms with Gasteiger partial charge in [-0.25, -0.2) is 0 Å². The molecule has 0 bridgehead atoms. The molecule has 2 rings (SSSR count). The van der Waals surface area contributed by atoms with Gasteiger partial charge >= 0.3 is 0 Å². The van der Waals surface area contributed by atoms with Crippen molar-refractivity contribution < 1.29 is 4.79 Å². The number of carbonyl (C=O) groups is 1. The van der Waals surface area contributed by atoms with E-state index in [2.05, 4.69) is 30.6 Å². The monoisotopic (exact) mass is 346 g/mol. The molecule has 0 N–H and O–H groups in total. The van der Waals surface area contributed by atoms with Crippen LogP contribution in [-0.4, -0.2) is 40.7 Å². The number of halogens is 1. The molecule has 2 aliphatic heterocycles. The summed E-state index contributed by atoms with van der Waals surface area (Å²) in [5.74, 6) is 1.30. The molecule has 0 spiro atoms. The lowest BCUT2D eigenvalue weighted by atomic mass is 10.0. The van der Waals surface area contributed by atoms with Crippen molar-refractivity contribution in [2.75, 3.05) is 19.0 Å². The molecule has 22 heavy (non-hydrogen) atoms. The van der Waals surface area contributed by atoms with Crippen LogP contribution in [0.3, 0.4) is 0 Å².